The monoisotopic (exact) mass is 265 g/mol. The lowest BCUT2D eigenvalue weighted by Gasteiger charge is -2.17. The highest BCUT2D eigenvalue weighted by molar-refractivity contribution is 5.81. The largest absolute Gasteiger partial charge is 0.481 e. The molecule has 1 rings (SSSR count). The van der Waals surface area contributed by atoms with Gasteiger partial charge in [-0.25, -0.2) is 0 Å². The fraction of sp³-hybridized carbons (Fsp3) is 0.533. The van der Waals surface area contributed by atoms with Crippen molar-refractivity contribution in [1.29, 1.82) is 0 Å². The third-order valence-corrected chi connectivity index (χ3v) is 2.76. The maximum absolute atomic E-state index is 11.9. The molecule has 0 aliphatic rings. The van der Waals surface area contributed by atoms with E-state index < -0.39 is 6.10 Å². The average Bonchev–Trinajstić information content (AvgIpc) is 2.41. The molecule has 0 aromatic heterocycles. The van der Waals surface area contributed by atoms with E-state index in [0.29, 0.717) is 19.6 Å². The van der Waals surface area contributed by atoms with Gasteiger partial charge in [-0.2, -0.15) is 0 Å². The van der Waals surface area contributed by atoms with Crippen molar-refractivity contribution in [3.63, 3.8) is 0 Å². The molecule has 0 saturated carbocycles. The third-order valence-electron chi connectivity index (χ3n) is 2.76. The zero-order chi connectivity index (χ0) is 14.1. The van der Waals surface area contributed by atoms with Crippen molar-refractivity contribution in [2.75, 3.05) is 20.3 Å². The first kappa shape index (κ1) is 15.5. The van der Waals surface area contributed by atoms with Gasteiger partial charge in [0.1, 0.15) is 5.75 Å². The Morgan fingerprint density at radius 2 is 2.21 bits per heavy atom. The normalized spacial score (nSPS) is 11.9. The van der Waals surface area contributed by atoms with Crippen LogP contribution in [-0.4, -0.2) is 32.3 Å². The molecule has 0 fully saturated rings. The molecular weight excluding hydrogens is 242 g/mol. The summed E-state index contributed by atoms with van der Waals surface area (Å²) >= 11 is 0. The summed E-state index contributed by atoms with van der Waals surface area (Å²) in [4.78, 5) is 11.9. The molecule has 0 radical (unpaired) electrons. The van der Waals surface area contributed by atoms with E-state index in [1.807, 2.05) is 38.1 Å². The van der Waals surface area contributed by atoms with Crippen LogP contribution in [0.1, 0.15) is 25.3 Å². The van der Waals surface area contributed by atoms with E-state index in [0.717, 1.165) is 17.7 Å². The molecule has 1 aromatic rings. The van der Waals surface area contributed by atoms with Crippen molar-refractivity contribution in [1.82, 2.24) is 5.32 Å². The zero-order valence-electron chi connectivity index (χ0n) is 11.9. The molecule has 0 saturated heterocycles. The minimum atomic E-state index is -0.440. The maximum atomic E-state index is 11.9. The summed E-state index contributed by atoms with van der Waals surface area (Å²) in [6.45, 7) is 5.20. The van der Waals surface area contributed by atoms with Gasteiger partial charge in [0.2, 0.25) is 0 Å². The van der Waals surface area contributed by atoms with E-state index >= 15 is 0 Å². The molecule has 0 heterocycles. The van der Waals surface area contributed by atoms with E-state index in [-0.39, 0.29) is 5.91 Å². The molecule has 4 heteroatoms. The highest BCUT2D eigenvalue weighted by Gasteiger charge is 2.17. The molecule has 19 heavy (non-hydrogen) atoms. The number of methoxy groups -OCH3 is 1. The fourth-order valence-electron chi connectivity index (χ4n) is 1.72. The van der Waals surface area contributed by atoms with Crippen LogP contribution in [0.25, 0.3) is 0 Å². The molecule has 1 atom stereocenters. The molecule has 0 bridgehead atoms. The Balaban J connectivity index is 2.46. The van der Waals surface area contributed by atoms with E-state index in [9.17, 15) is 4.79 Å². The van der Waals surface area contributed by atoms with Gasteiger partial charge >= 0.3 is 0 Å². The van der Waals surface area contributed by atoms with E-state index in [2.05, 4.69) is 5.32 Å². The number of nitrogens with one attached hydrogen (secondary N) is 1. The van der Waals surface area contributed by atoms with Crippen LogP contribution in [0.4, 0.5) is 0 Å². The van der Waals surface area contributed by atoms with Crippen LogP contribution < -0.4 is 10.1 Å². The second-order valence-electron chi connectivity index (χ2n) is 4.47. The second kappa shape index (κ2) is 8.53. The summed E-state index contributed by atoms with van der Waals surface area (Å²) in [7, 11) is 1.65. The molecule has 1 N–H and O–H groups in total. The predicted molar refractivity (Wildman–Crippen MR) is 75.4 cm³/mol. The third kappa shape index (κ3) is 5.75. The number of aryl methyl sites for hydroxylation is 1. The highest BCUT2D eigenvalue weighted by atomic mass is 16.5. The van der Waals surface area contributed by atoms with Crippen molar-refractivity contribution < 1.29 is 14.3 Å². The Bertz CT molecular complexity index is 393. The second-order valence-corrected chi connectivity index (χ2v) is 4.47. The molecule has 1 unspecified atom stereocenters. The number of amides is 1. The van der Waals surface area contributed by atoms with Crippen molar-refractivity contribution in [2.45, 2.75) is 32.8 Å². The Morgan fingerprint density at radius 1 is 1.42 bits per heavy atom. The molecule has 0 aliphatic carbocycles. The molecule has 4 nitrogen and oxygen atoms in total. The van der Waals surface area contributed by atoms with Crippen LogP contribution in [0.5, 0.6) is 5.75 Å². The van der Waals surface area contributed by atoms with Gasteiger partial charge in [-0.15, -0.1) is 0 Å². The number of benzene rings is 1. The number of carbonyl (C=O) groups excluding carboxylic acids is 1. The lowest BCUT2D eigenvalue weighted by atomic mass is 10.2. The number of hydrogen-bond donors (Lipinski definition) is 1. The standard InChI is InChI=1S/C15H23NO3/c1-4-14(15(17)16-9-6-10-18-3)19-13-8-5-7-12(2)11-13/h5,7-8,11,14H,4,6,9-10H2,1-3H3,(H,16,17). The van der Waals surface area contributed by atoms with Gasteiger partial charge in [0.05, 0.1) is 0 Å². The van der Waals surface area contributed by atoms with Crippen LogP contribution in [0.15, 0.2) is 24.3 Å². The number of rotatable bonds is 8. The molecule has 1 amide bonds. The summed E-state index contributed by atoms with van der Waals surface area (Å²) < 4.78 is 10.7. The lowest BCUT2D eigenvalue weighted by Crippen LogP contribution is -2.38. The zero-order valence-corrected chi connectivity index (χ0v) is 11.9. The van der Waals surface area contributed by atoms with Gasteiger partial charge < -0.3 is 14.8 Å². The van der Waals surface area contributed by atoms with Crippen molar-refractivity contribution in [2.24, 2.45) is 0 Å². The predicted octanol–water partition coefficient (Wildman–Crippen LogP) is 2.31. The van der Waals surface area contributed by atoms with Gasteiger partial charge in [-0.05, 0) is 37.5 Å². The fourth-order valence-corrected chi connectivity index (χ4v) is 1.72. The Kier molecular flexibility index (Phi) is 6.97. The molecule has 0 spiro atoms. The van der Waals surface area contributed by atoms with Crippen molar-refractivity contribution >= 4 is 5.91 Å². The van der Waals surface area contributed by atoms with Gasteiger partial charge in [0, 0.05) is 20.3 Å². The molecule has 106 valence electrons. The van der Waals surface area contributed by atoms with Crippen molar-refractivity contribution in [3.05, 3.63) is 29.8 Å². The summed E-state index contributed by atoms with van der Waals surface area (Å²) in [6, 6.07) is 7.72. The minimum absolute atomic E-state index is 0.0693. The number of hydrogen-bond acceptors (Lipinski definition) is 3. The minimum Gasteiger partial charge on any atom is -0.481 e. The summed E-state index contributed by atoms with van der Waals surface area (Å²) in [5.74, 6) is 0.666. The van der Waals surface area contributed by atoms with Gasteiger partial charge in [-0.1, -0.05) is 19.1 Å². The first-order valence-electron chi connectivity index (χ1n) is 6.67. The van der Waals surface area contributed by atoms with Crippen LogP contribution in [-0.2, 0) is 9.53 Å². The SMILES string of the molecule is CCC(Oc1cccc(C)c1)C(=O)NCCCOC. The number of ether oxygens (including phenoxy) is 2. The quantitative estimate of drug-likeness (QED) is 0.734. The molecular formula is C15H23NO3. The van der Waals surface area contributed by atoms with E-state index in [1.54, 1.807) is 7.11 Å². The van der Waals surface area contributed by atoms with Crippen molar-refractivity contribution in [3.8, 4) is 5.75 Å². The smallest absolute Gasteiger partial charge is 0.261 e. The van der Waals surface area contributed by atoms with Gasteiger partial charge in [-0.3, -0.25) is 4.79 Å². The summed E-state index contributed by atoms with van der Waals surface area (Å²) in [6.07, 6.45) is 1.01. The summed E-state index contributed by atoms with van der Waals surface area (Å²) in [5, 5.41) is 2.86. The Labute approximate surface area is 115 Å². The first-order valence-corrected chi connectivity index (χ1v) is 6.67. The van der Waals surface area contributed by atoms with Crippen LogP contribution in [0.2, 0.25) is 0 Å². The molecule has 0 aliphatic heterocycles. The van der Waals surface area contributed by atoms with Crippen LogP contribution >= 0.6 is 0 Å². The average molecular weight is 265 g/mol. The van der Waals surface area contributed by atoms with Crippen LogP contribution in [0.3, 0.4) is 0 Å². The lowest BCUT2D eigenvalue weighted by molar-refractivity contribution is -0.128. The van der Waals surface area contributed by atoms with Crippen LogP contribution in [0, 0.1) is 6.92 Å². The van der Waals surface area contributed by atoms with E-state index in [4.69, 9.17) is 9.47 Å². The Hall–Kier alpha value is -1.55. The highest BCUT2D eigenvalue weighted by Crippen LogP contribution is 2.15. The van der Waals surface area contributed by atoms with Gasteiger partial charge in [0.15, 0.2) is 6.10 Å². The molecule has 1 aromatic carbocycles. The number of carbonyl (C=O) groups is 1. The van der Waals surface area contributed by atoms with E-state index in [1.165, 1.54) is 0 Å². The maximum Gasteiger partial charge on any atom is 0.261 e. The first-order chi connectivity index (χ1) is 9.17. The summed E-state index contributed by atoms with van der Waals surface area (Å²) in [5.41, 5.74) is 1.12. The Morgan fingerprint density at radius 3 is 2.84 bits per heavy atom. The van der Waals surface area contributed by atoms with Gasteiger partial charge in [0.25, 0.3) is 5.91 Å². The topological polar surface area (TPSA) is 47.6 Å².